The van der Waals surface area contributed by atoms with Crippen molar-refractivity contribution in [2.75, 3.05) is 0 Å². The normalized spacial score (nSPS) is 12.6. The molecule has 1 amide bonds. The molecule has 0 fully saturated rings. The van der Waals surface area contributed by atoms with Gasteiger partial charge in [-0.1, -0.05) is 30.3 Å². The van der Waals surface area contributed by atoms with E-state index in [2.05, 4.69) is 5.32 Å². The molecule has 0 saturated carbocycles. The van der Waals surface area contributed by atoms with Gasteiger partial charge in [0.15, 0.2) is 6.29 Å². The van der Waals surface area contributed by atoms with Crippen molar-refractivity contribution >= 4 is 12.1 Å². The van der Waals surface area contributed by atoms with Crippen LogP contribution >= 0.6 is 0 Å². The summed E-state index contributed by atoms with van der Waals surface area (Å²) in [5, 5.41) is 20.4. The van der Waals surface area contributed by atoms with Gasteiger partial charge in [0.1, 0.15) is 18.2 Å². The third-order valence-corrected chi connectivity index (χ3v) is 2.64. The lowest BCUT2D eigenvalue weighted by Gasteiger charge is -2.24. The van der Waals surface area contributed by atoms with Gasteiger partial charge in [-0.25, -0.2) is 9.59 Å². The van der Waals surface area contributed by atoms with Gasteiger partial charge in [0.25, 0.3) is 0 Å². The number of hydrogen-bond acceptors (Lipinski definition) is 6. The third kappa shape index (κ3) is 8.18. The van der Waals surface area contributed by atoms with Crippen LogP contribution in [-0.2, 0) is 20.9 Å². The van der Waals surface area contributed by atoms with Gasteiger partial charge >= 0.3 is 12.1 Å². The summed E-state index contributed by atoms with van der Waals surface area (Å²) < 4.78 is 10.1. The second-order valence-corrected chi connectivity index (χ2v) is 6.01. The molecule has 0 heterocycles. The second kappa shape index (κ2) is 8.50. The standard InChI is InChI=1S/C16H23NO6/c1-16(2,3)23-14(20)12(9-13(18)19)17-15(21)22-10-11-7-5-4-6-8-11/h4-8,12-13,18-19H,9-10H2,1-3H3,(H,17,21). The van der Waals surface area contributed by atoms with Gasteiger partial charge in [0.2, 0.25) is 0 Å². The van der Waals surface area contributed by atoms with E-state index in [-0.39, 0.29) is 6.61 Å². The summed E-state index contributed by atoms with van der Waals surface area (Å²) in [4.78, 5) is 23.8. The smallest absolute Gasteiger partial charge is 0.408 e. The van der Waals surface area contributed by atoms with E-state index in [1.54, 1.807) is 32.9 Å². The number of carbonyl (C=O) groups excluding carboxylic acids is 2. The van der Waals surface area contributed by atoms with Crippen LogP contribution in [0.1, 0.15) is 32.8 Å². The largest absolute Gasteiger partial charge is 0.458 e. The molecule has 0 saturated heterocycles. The molecule has 128 valence electrons. The molecule has 7 heteroatoms. The number of ether oxygens (including phenoxy) is 2. The Morgan fingerprint density at radius 3 is 2.30 bits per heavy atom. The summed E-state index contributed by atoms with van der Waals surface area (Å²) in [6.45, 7) is 5.05. The van der Waals surface area contributed by atoms with Crippen LogP contribution in [-0.4, -0.2) is 40.2 Å². The molecule has 1 rings (SSSR count). The first-order valence-electron chi connectivity index (χ1n) is 7.23. The van der Waals surface area contributed by atoms with Crippen molar-refractivity contribution in [3.05, 3.63) is 35.9 Å². The van der Waals surface area contributed by atoms with Gasteiger partial charge in [-0.2, -0.15) is 0 Å². The Balaban J connectivity index is 2.58. The van der Waals surface area contributed by atoms with Gasteiger partial charge in [-0.15, -0.1) is 0 Å². The van der Waals surface area contributed by atoms with E-state index in [1.807, 2.05) is 18.2 Å². The Labute approximate surface area is 135 Å². The van der Waals surface area contributed by atoms with Crippen molar-refractivity contribution < 1.29 is 29.3 Å². The highest BCUT2D eigenvalue weighted by Crippen LogP contribution is 2.11. The maximum Gasteiger partial charge on any atom is 0.408 e. The Morgan fingerprint density at radius 1 is 1.17 bits per heavy atom. The number of rotatable bonds is 6. The molecule has 0 aliphatic rings. The SMILES string of the molecule is CC(C)(C)OC(=O)C(CC(O)O)NC(=O)OCc1ccccc1. The maximum absolute atomic E-state index is 12.0. The quantitative estimate of drug-likeness (QED) is 0.538. The monoisotopic (exact) mass is 325 g/mol. The van der Waals surface area contributed by atoms with Crippen LogP contribution < -0.4 is 5.32 Å². The third-order valence-electron chi connectivity index (χ3n) is 2.64. The van der Waals surface area contributed by atoms with E-state index < -0.39 is 36.4 Å². The Hall–Kier alpha value is -2.12. The molecule has 1 aromatic carbocycles. The van der Waals surface area contributed by atoms with Crippen molar-refractivity contribution in [3.8, 4) is 0 Å². The highest BCUT2D eigenvalue weighted by Gasteiger charge is 2.28. The van der Waals surface area contributed by atoms with Crippen molar-refractivity contribution in [3.63, 3.8) is 0 Å². The number of nitrogens with one attached hydrogen (secondary N) is 1. The van der Waals surface area contributed by atoms with Crippen molar-refractivity contribution in [1.82, 2.24) is 5.32 Å². The van der Waals surface area contributed by atoms with Crippen LogP contribution in [0.15, 0.2) is 30.3 Å². The number of aliphatic hydroxyl groups is 2. The molecule has 0 bridgehead atoms. The minimum atomic E-state index is -1.76. The lowest BCUT2D eigenvalue weighted by atomic mass is 10.1. The highest BCUT2D eigenvalue weighted by atomic mass is 16.6. The van der Waals surface area contributed by atoms with Gasteiger partial charge in [0, 0.05) is 6.42 Å². The number of alkyl carbamates (subject to hydrolysis) is 1. The van der Waals surface area contributed by atoms with E-state index in [9.17, 15) is 9.59 Å². The molecule has 0 radical (unpaired) electrons. The lowest BCUT2D eigenvalue weighted by Crippen LogP contribution is -2.46. The maximum atomic E-state index is 12.0. The number of carbonyl (C=O) groups is 2. The summed E-state index contributed by atoms with van der Waals surface area (Å²) >= 11 is 0. The summed E-state index contributed by atoms with van der Waals surface area (Å²) in [5.41, 5.74) is 0.0319. The minimum absolute atomic E-state index is 0.0371. The van der Waals surface area contributed by atoms with Crippen LogP contribution in [0.5, 0.6) is 0 Å². The fourth-order valence-electron chi connectivity index (χ4n) is 1.70. The average molecular weight is 325 g/mol. The van der Waals surface area contributed by atoms with Crippen molar-refractivity contribution in [2.45, 2.75) is 51.7 Å². The number of amides is 1. The van der Waals surface area contributed by atoms with E-state index in [1.165, 1.54) is 0 Å². The molecule has 7 nitrogen and oxygen atoms in total. The molecule has 23 heavy (non-hydrogen) atoms. The van der Waals surface area contributed by atoms with Crippen molar-refractivity contribution in [2.24, 2.45) is 0 Å². The summed E-state index contributed by atoms with van der Waals surface area (Å²) in [7, 11) is 0. The van der Waals surface area contributed by atoms with Gasteiger partial charge in [-0.3, -0.25) is 0 Å². The average Bonchev–Trinajstić information content (AvgIpc) is 2.43. The number of hydrogen-bond donors (Lipinski definition) is 3. The van der Waals surface area contributed by atoms with E-state index in [0.29, 0.717) is 0 Å². The molecule has 1 atom stereocenters. The molecule has 0 spiro atoms. The fourth-order valence-corrected chi connectivity index (χ4v) is 1.70. The Morgan fingerprint density at radius 2 is 1.78 bits per heavy atom. The van der Waals surface area contributed by atoms with E-state index in [4.69, 9.17) is 19.7 Å². The zero-order chi connectivity index (χ0) is 17.5. The summed E-state index contributed by atoms with van der Waals surface area (Å²) in [6, 6.07) is 7.82. The number of benzene rings is 1. The molecule has 0 aliphatic heterocycles. The zero-order valence-corrected chi connectivity index (χ0v) is 13.5. The first-order valence-corrected chi connectivity index (χ1v) is 7.23. The predicted molar refractivity (Wildman–Crippen MR) is 82.2 cm³/mol. The summed E-state index contributed by atoms with van der Waals surface area (Å²) in [6.07, 6.45) is -3.00. The minimum Gasteiger partial charge on any atom is -0.458 e. The van der Waals surface area contributed by atoms with Crippen LogP contribution in [0.3, 0.4) is 0 Å². The molecule has 1 unspecified atom stereocenters. The predicted octanol–water partition coefficient (Wildman–Crippen LogP) is 1.32. The van der Waals surface area contributed by atoms with Crippen LogP contribution in [0.4, 0.5) is 4.79 Å². The van der Waals surface area contributed by atoms with Crippen LogP contribution in [0.2, 0.25) is 0 Å². The Kier molecular flexibility index (Phi) is 6.99. The first kappa shape index (κ1) is 18.9. The fraction of sp³-hybridized carbons (Fsp3) is 0.500. The van der Waals surface area contributed by atoms with E-state index >= 15 is 0 Å². The molecular formula is C16H23NO6. The molecule has 3 N–H and O–H groups in total. The molecular weight excluding hydrogens is 302 g/mol. The van der Waals surface area contributed by atoms with Gasteiger partial charge in [-0.05, 0) is 26.3 Å². The molecule has 0 aromatic heterocycles. The number of esters is 1. The lowest BCUT2D eigenvalue weighted by molar-refractivity contribution is -0.160. The number of aliphatic hydroxyl groups excluding tert-OH is 1. The zero-order valence-electron chi connectivity index (χ0n) is 13.5. The van der Waals surface area contributed by atoms with Crippen LogP contribution in [0, 0.1) is 0 Å². The van der Waals surface area contributed by atoms with Crippen LogP contribution in [0.25, 0.3) is 0 Å². The Bertz CT molecular complexity index is 509. The molecule has 0 aliphatic carbocycles. The molecule has 1 aromatic rings. The van der Waals surface area contributed by atoms with Crippen molar-refractivity contribution in [1.29, 1.82) is 0 Å². The topological polar surface area (TPSA) is 105 Å². The highest BCUT2D eigenvalue weighted by molar-refractivity contribution is 5.81. The second-order valence-electron chi connectivity index (χ2n) is 6.01. The first-order chi connectivity index (χ1) is 10.7. The van der Waals surface area contributed by atoms with Gasteiger partial charge in [0.05, 0.1) is 0 Å². The summed E-state index contributed by atoms with van der Waals surface area (Å²) in [5.74, 6) is -0.762. The van der Waals surface area contributed by atoms with E-state index in [0.717, 1.165) is 5.56 Å². The van der Waals surface area contributed by atoms with Gasteiger partial charge < -0.3 is 25.0 Å².